The first-order valence-electron chi connectivity index (χ1n) is 10.7. The van der Waals surface area contributed by atoms with E-state index in [9.17, 15) is 9.59 Å². The lowest BCUT2D eigenvalue weighted by molar-refractivity contribution is -0.131. The molecule has 7 heteroatoms. The van der Waals surface area contributed by atoms with Crippen LogP contribution in [0.2, 0.25) is 0 Å². The van der Waals surface area contributed by atoms with E-state index in [2.05, 4.69) is 16.4 Å². The second-order valence-electron chi connectivity index (χ2n) is 8.43. The lowest BCUT2D eigenvalue weighted by atomic mass is 9.93. The van der Waals surface area contributed by atoms with Gasteiger partial charge in [-0.1, -0.05) is 6.07 Å². The van der Waals surface area contributed by atoms with Gasteiger partial charge in [0.25, 0.3) is 0 Å². The molecule has 2 aliphatic heterocycles. The maximum atomic E-state index is 12.4. The van der Waals surface area contributed by atoms with Crippen molar-refractivity contribution >= 4 is 17.6 Å². The molecule has 1 aliphatic carbocycles. The van der Waals surface area contributed by atoms with Crippen LogP contribution in [0.25, 0.3) is 0 Å². The van der Waals surface area contributed by atoms with Crippen LogP contribution in [0.4, 0.5) is 10.5 Å². The molecule has 1 aromatic carbocycles. The lowest BCUT2D eigenvalue weighted by Gasteiger charge is -2.39. The van der Waals surface area contributed by atoms with E-state index in [-0.39, 0.29) is 24.0 Å². The fraction of sp³-hybridized carbons (Fsp3) is 0.435. The van der Waals surface area contributed by atoms with Crippen molar-refractivity contribution in [3.63, 3.8) is 0 Å². The molecule has 156 valence electrons. The molecule has 5 rings (SSSR count). The highest BCUT2D eigenvalue weighted by Crippen LogP contribution is 2.32. The second kappa shape index (κ2) is 7.97. The van der Waals surface area contributed by atoms with Crippen molar-refractivity contribution in [3.05, 3.63) is 54.4 Å². The standard InChI is InChI=1S/C23H26N4O3/c28-22(16-3-4-16)26-11-9-21(15-26)30-20-7-5-19(6-8-20)25-23(29)27-13-18(14-27)17-2-1-10-24-12-17/h1-2,5-8,10,12,16,18,21H,3-4,9,11,13-15H2,(H,25,29)/t21-/m1/s1. The summed E-state index contributed by atoms with van der Waals surface area (Å²) in [4.78, 5) is 32.5. The Bertz CT molecular complexity index is 908. The van der Waals surface area contributed by atoms with Gasteiger partial charge in [-0.2, -0.15) is 0 Å². The molecule has 0 spiro atoms. The Labute approximate surface area is 176 Å². The summed E-state index contributed by atoms with van der Waals surface area (Å²) < 4.78 is 6.04. The summed E-state index contributed by atoms with van der Waals surface area (Å²) in [6, 6.07) is 11.3. The minimum Gasteiger partial charge on any atom is -0.489 e. The van der Waals surface area contributed by atoms with Gasteiger partial charge in [-0.15, -0.1) is 0 Å². The normalized spacial score (nSPS) is 21.3. The molecular weight excluding hydrogens is 380 g/mol. The van der Waals surface area contributed by atoms with Gasteiger partial charge in [0, 0.05) is 56.0 Å². The van der Waals surface area contributed by atoms with E-state index in [0.29, 0.717) is 25.6 Å². The molecule has 3 amide bonds. The number of amides is 3. The smallest absolute Gasteiger partial charge is 0.321 e. The highest BCUT2D eigenvalue weighted by Gasteiger charge is 2.37. The molecule has 7 nitrogen and oxygen atoms in total. The number of ether oxygens (including phenoxy) is 1. The minimum atomic E-state index is -0.0890. The van der Waals surface area contributed by atoms with Gasteiger partial charge in [0.05, 0.1) is 6.54 Å². The largest absolute Gasteiger partial charge is 0.489 e. The van der Waals surface area contributed by atoms with Crippen LogP contribution in [0.15, 0.2) is 48.8 Å². The van der Waals surface area contributed by atoms with Gasteiger partial charge in [0.15, 0.2) is 0 Å². The molecule has 1 atom stereocenters. The molecule has 3 aliphatic rings. The highest BCUT2D eigenvalue weighted by molar-refractivity contribution is 5.90. The van der Waals surface area contributed by atoms with E-state index in [1.54, 1.807) is 11.1 Å². The zero-order chi connectivity index (χ0) is 20.5. The van der Waals surface area contributed by atoms with E-state index >= 15 is 0 Å². The third kappa shape index (κ3) is 4.10. The summed E-state index contributed by atoms with van der Waals surface area (Å²) in [6.45, 7) is 2.86. The van der Waals surface area contributed by atoms with Gasteiger partial charge in [-0.3, -0.25) is 9.78 Å². The van der Waals surface area contributed by atoms with Crippen molar-refractivity contribution in [2.75, 3.05) is 31.5 Å². The fourth-order valence-corrected chi connectivity index (χ4v) is 4.10. The number of rotatable bonds is 5. The van der Waals surface area contributed by atoms with Crippen LogP contribution >= 0.6 is 0 Å². The van der Waals surface area contributed by atoms with E-state index in [0.717, 1.165) is 37.2 Å². The van der Waals surface area contributed by atoms with E-state index in [4.69, 9.17) is 4.74 Å². The number of anilines is 1. The Balaban J connectivity index is 1.08. The average molecular weight is 406 g/mol. The molecule has 2 aromatic rings. The van der Waals surface area contributed by atoms with E-state index in [1.165, 1.54) is 5.56 Å². The molecule has 30 heavy (non-hydrogen) atoms. The maximum absolute atomic E-state index is 12.4. The summed E-state index contributed by atoms with van der Waals surface area (Å²) in [7, 11) is 0. The Morgan fingerprint density at radius 3 is 2.50 bits per heavy atom. The summed E-state index contributed by atoms with van der Waals surface area (Å²) in [6.07, 6.45) is 6.61. The summed E-state index contributed by atoms with van der Waals surface area (Å²) in [5, 5.41) is 2.94. The van der Waals surface area contributed by atoms with Gasteiger partial charge in [0.2, 0.25) is 5.91 Å². The van der Waals surface area contributed by atoms with Gasteiger partial charge < -0.3 is 19.9 Å². The van der Waals surface area contributed by atoms with Gasteiger partial charge in [-0.25, -0.2) is 4.79 Å². The Morgan fingerprint density at radius 1 is 1.00 bits per heavy atom. The van der Waals surface area contributed by atoms with Crippen LogP contribution in [0.5, 0.6) is 5.75 Å². The number of pyridine rings is 1. The first kappa shape index (κ1) is 18.9. The van der Waals surface area contributed by atoms with Crippen molar-refractivity contribution in [3.8, 4) is 5.75 Å². The van der Waals surface area contributed by atoms with Crippen LogP contribution in [0.1, 0.15) is 30.7 Å². The highest BCUT2D eigenvalue weighted by atomic mass is 16.5. The third-order valence-electron chi connectivity index (χ3n) is 6.12. The summed E-state index contributed by atoms with van der Waals surface area (Å²) >= 11 is 0. The monoisotopic (exact) mass is 406 g/mol. The molecular formula is C23H26N4O3. The van der Waals surface area contributed by atoms with Crippen molar-refractivity contribution in [1.82, 2.24) is 14.8 Å². The maximum Gasteiger partial charge on any atom is 0.321 e. The van der Waals surface area contributed by atoms with Gasteiger partial charge in [-0.05, 0) is 48.7 Å². The van der Waals surface area contributed by atoms with Crippen LogP contribution < -0.4 is 10.1 Å². The molecule has 1 aromatic heterocycles. The zero-order valence-corrected chi connectivity index (χ0v) is 16.9. The first-order valence-corrected chi connectivity index (χ1v) is 10.7. The molecule has 0 radical (unpaired) electrons. The lowest BCUT2D eigenvalue weighted by Crippen LogP contribution is -2.50. The topological polar surface area (TPSA) is 74.8 Å². The summed E-state index contributed by atoms with van der Waals surface area (Å²) in [5.74, 6) is 1.67. The second-order valence-corrected chi connectivity index (χ2v) is 8.43. The molecule has 1 N–H and O–H groups in total. The number of carbonyl (C=O) groups is 2. The number of hydrogen-bond donors (Lipinski definition) is 1. The van der Waals surface area contributed by atoms with E-state index < -0.39 is 0 Å². The van der Waals surface area contributed by atoms with Gasteiger partial charge in [0.1, 0.15) is 11.9 Å². The van der Waals surface area contributed by atoms with Crippen LogP contribution in [0.3, 0.4) is 0 Å². The summed E-state index contributed by atoms with van der Waals surface area (Å²) in [5.41, 5.74) is 1.92. The molecule has 3 heterocycles. The first-order chi connectivity index (χ1) is 14.7. The fourth-order valence-electron chi connectivity index (χ4n) is 4.10. The molecule has 3 fully saturated rings. The SMILES string of the molecule is O=C(Nc1ccc(O[C@@H]2CCN(C(=O)C3CC3)C2)cc1)N1CC(c2cccnc2)C1. The molecule has 0 bridgehead atoms. The predicted molar refractivity (Wildman–Crippen MR) is 112 cm³/mol. The average Bonchev–Trinajstić information content (AvgIpc) is 3.48. The van der Waals surface area contributed by atoms with Crippen molar-refractivity contribution in [2.24, 2.45) is 5.92 Å². The van der Waals surface area contributed by atoms with Crippen molar-refractivity contribution < 1.29 is 14.3 Å². The van der Waals surface area contributed by atoms with Crippen molar-refractivity contribution in [1.29, 1.82) is 0 Å². The molecule has 0 unspecified atom stereocenters. The molecule has 1 saturated carbocycles. The number of urea groups is 1. The minimum absolute atomic E-state index is 0.0404. The number of hydrogen-bond acceptors (Lipinski definition) is 4. The van der Waals surface area contributed by atoms with Crippen LogP contribution in [-0.4, -0.2) is 59.0 Å². The Kier molecular flexibility index (Phi) is 5.02. The zero-order valence-electron chi connectivity index (χ0n) is 16.9. The predicted octanol–water partition coefficient (Wildman–Crippen LogP) is 3.10. The third-order valence-corrected chi connectivity index (χ3v) is 6.12. The Hall–Kier alpha value is -3.09. The quantitative estimate of drug-likeness (QED) is 0.828. The number of nitrogens with zero attached hydrogens (tertiary/aromatic N) is 3. The number of benzene rings is 1. The number of nitrogens with one attached hydrogen (secondary N) is 1. The number of aromatic nitrogens is 1. The molecule has 2 saturated heterocycles. The van der Waals surface area contributed by atoms with Crippen LogP contribution in [-0.2, 0) is 4.79 Å². The van der Waals surface area contributed by atoms with E-state index in [1.807, 2.05) is 41.4 Å². The number of carbonyl (C=O) groups excluding carboxylic acids is 2. The Morgan fingerprint density at radius 2 is 1.80 bits per heavy atom. The van der Waals surface area contributed by atoms with Crippen molar-refractivity contribution in [2.45, 2.75) is 31.3 Å². The van der Waals surface area contributed by atoms with Gasteiger partial charge >= 0.3 is 6.03 Å². The van der Waals surface area contributed by atoms with Crippen LogP contribution in [0, 0.1) is 5.92 Å². The number of likely N-dealkylation sites (tertiary alicyclic amines) is 2.